The Hall–Kier alpha value is -2.75. The molecule has 190 valence electrons. The Labute approximate surface area is 210 Å². The SMILES string of the molecule is CCc1cc(-c2noc(-c3cc(CC(C)C)c(C)s3)n2)cc(CC)c1OCC(O)CNC(=O)CO. The summed E-state index contributed by atoms with van der Waals surface area (Å²) < 4.78 is 11.6. The molecule has 0 saturated heterocycles. The maximum Gasteiger partial charge on any atom is 0.268 e. The molecule has 3 N–H and O–H groups in total. The van der Waals surface area contributed by atoms with E-state index in [4.69, 9.17) is 14.4 Å². The Balaban J connectivity index is 1.80. The summed E-state index contributed by atoms with van der Waals surface area (Å²) in [6.07, 6.45) is 1.57. The van der Waals surface area contributed by atoms with Gasteiger partial charge in [-0.05, 0) is 67.0 Å². The number of nitrogens with one attached hydrogen (secondary N) is 1. The van der Waals surface area contributed by atoms with E-state index in [0.717, 1.165) is 46.6 Å². The molecule has 35 heavy (non-hydrogen) atoms. The number of benzene rings is 1. The zero-order valence-electron chi connectivity index (χ0n) is 21.1. The number of ether oxygens (including phenoxy) is 1. The summed E-state index contributed by atoms with van der Waals surface area (Å²) in [4.78, 5) is 18.1. The molecule has 3 rings (SSSR count). The second-order valence-electron chi connectivity index (χ2n) is 8.97. The van der Waals surface area contributed by atoms with Crippen LogP contribution in [-0.4, -0.2) is 52.1 Å². The standard InChI is InChI=1S/C26H35N3O5S/c1-6-17-9-20(10-18(7-2)24(17)33-14-21(31)12-27-23(32)13-30)25-28-26(34-29-25)22-11-19(8-15(3)4)16(5)35-22/h9-11,15,21,30-31H,6-8,12-14H2,1-5H3,(H,27,32). The molecule has 0 aliphatic carbocycles. The van der Waals surface area contributed by atoms with Gasteiger partial charge in [0.05, 0.1) is 4.88 Å². The van der Waals surface area contributed by atoms with Gasteiger partial charge in [0, 0.05) is 17.0 Å². The van der Waals surface area contributed by atoms with Crippen LogP contribution in [-0.2, 0) is 24.1 Å². The molecule has 1 aromatic carbocycles. The van der Waals surface area contributed by atoms with Crippen molar-refractivity contribution in [1.29, 1.82) is 0 Å². The number of nitrogens with zero attached hydrogens (tertiary/aromatic N) is 2. The summed E-state index contributed by atoms with van der Waals surface area (Å²) in [5, 5.41) is 25.6. The summed E-state index contributed by atoms with van der Waals surface area (Å²) in [5.41, 5.74) is 4.13. The van der Waals surface area contributed by atoms with Crippen molar-refractivity contribution < 1.29 is 24.3 Å². The lowest BCUT2D eigenvalue weighted by Gasteiger charge is -2.18. The first kappa shape index (κ1) is 26.8. The number of hydrogen-bond acceptors (Lipinski definition) is 8. The summed E-state index contributed by atoms with van der Waals surface area (Å²) in [7, 11) is 0. The third-order valence-electron chi connectivity index (χ3n) is 5.65. The lowest BCUT2D eigenvalue weighted by atomic mass is 10.00. The average molecular weight is 502 g/mol. The number of thiophene rings is 1. The van der Waals surface area contributed by atoms with Crippen LogP contribution in [0, 0.1) is 12.8 Å². The minimum Gasteiger partial charge on any atom is -0.490 e. The molecule has 0 saturated carbocycles. The average Bonchev–Trinajstić information content (AvgIpc) is 3.47. The van der Waals surface area contributed by atoms with Crippen molar-refractivity contribution in [3.8, 4) is 27.9 Å². The Morgan fingerprint density at radius 2 is 1.86 bits per heavy atom. The normalized spacial score (nSPS) is 12.2. The van der Waals surface area contributed by atoms with Crippen molar-refractivity contribution in [1.82, 2.24) is 15.5 Å². The number of aryl methyl sites for hydroxylation is 3. The van der Waals surface area contributed by atoms with Crippen molar-refractivity contribution in [3.05, 3.63) is 39.8 Å². The Bertz CT molecular complexity index is 1110. The van der Waals surface area contributed by atoms with Crippen LogP contribution in [0.25, 0.3) is 22.2 Å². The minimum atomic E-state index is -0.894. The first-order valence-electron chi connectivity index (χ1n) is 12.0. The summed E-state index contributed by atoms with van der Waals surface area (Å²) in [5.74, 6) is 1.81. The maximum atomic E-state index is 11.2. The largest absolute Gasteiger partial charge is 0.490 e. The highest BCUT2D eigenvalue weighted by atomic mass is 32.1. The molecule has 2 aromatic heterocycles. The summed E-state index contributed by atoms with van der Waals surface area (Å²) >= 11 is 1.67. The zero-order chi connectivity index (χ0) is 25.5. The third kappa shape index (κ3) is 6.90. The molecule has 3 aromatic rings. The van der Waals surface area contributed by atoms with Gasteiger partial charge in [0.2, 0.25) is 11.7 Å². The highest BCUT2D eigenvalue weighted by Gasteiger charge is 2.19. The van der Waals surface area contributed by atoms with Gasteiger partial charge < -0.3 is 24.8 Å². The number of hydrogen-bond donors (Lipinski definition) is 3. The quantitative estimate of drug-likeness (QED) is 0.344. The third-order valence-corrected chi connectivity index (χ3v) is 6.73. The lowest BCUT2D eigenvalue weighted by molar-refractivity contribution is -0.124. The highest BCUT2D eigenvalue weighted by Crippen LogP contribution is 2.35. The van der Waals surface area contributed by atoms with Crippen molar-refractivity contribution in [2.75, 3.05) is 19.8 Å². The molecule has 0 spiro atoms. The predicted molar refractivity (Wildman–Crippen MR) is 137 cm³/mol. The molecule has 9 heteroatoms. The number of aliphatic hydroxyl groups excluding tert-OH is 2. The van der Waals surface area contributed by atoms with Gasteiger partial charge in [-0.1, -0.05) is 32.9 Å². The van der Waals surface area contributed by atoms with Crippen molar-refractivity contribution in [2.45, 2.75) is 60.0 Å². The van der Waals surface area contributed by atoms with Crippen molar-refractivity contribution in [3.63, 3.8) is 0 Å². The number of amides is 1. The second kappa shape index (κ2) is 12.3. The fraction of sp³-hybridized carbons (Fsp3) is 0.500. The molecule has 1 unspecified atom stereocenters. The lowest BCUT2D eigenvalue weighted by Crippen LogP contribution is -2.36. The Morgan fingerprint density at radius 3 is 2.46 bits per heavy atom. The topological polar surface area (TPSA) is 118 Å². The van der Waals surface area contributed by atoms with Crippen LogP contribution < -0.4 is 10.1 Å². The van der Waals surface area contributed by atoms with E-state index < -0.39 is 18.6 Å². The molecule has 0 aliphatic heterocycles. The first-order chi connectivity index (χ1) is 16.7. The van der Waals surface area contributed by atoms with E-state index in [1.807, 2.05) is 26.0 Å². The van der Waals surface area contributed by atoms with Crippen LogP contribution in [0.3, 0.4) is 0 Å². The molecule has 0 bridgehead atoms. The van der Waals surface area contributed by atoms with E-state index in [9.17, 15) is 9.90 Å². The first-order valence-corrected chi connectivity index (χ1v) is 12.8. The smallest absolute Gasteiger partial charge is 0.268 e. The Morgan fingerprint density at radius 1 is 1.17 bits per heavy atom. The van der Waals surface area contributed by atoms with Crippen LogP contribution in [0.4, 0.5) is 0 Å². The van der Waals surface area contributed by atoms with E-state index in [-0.39, 0.29) is 13.2 Å². The van der Waals surface area contributed by atoms with E-state index in [2.05, 4.69) is 42.3 Å². The van der Waals surface area contributed by atoms with Gasteiger partial charge in [-0.25, -0.2) is 0 Å². The molecule has 8 nitrogen and oxygen atoms in total. The molecular weight excluding hydrogens is 466 g/mol. The van der Waals surface area contributed by atoms with Crippen molar-refractivity contribution >= 4 is 17.2 Å². The highest BCUT2D eigenvalue weighted by molar-refractivity contribution is 7.15. The minimum absolute atomic E-state index is 0.00705. The van der Waals surface area contributed by atoms with Gasteiger partial charge in [0.15, 0.2) is 0 Å². The Kier molecular flexibility index (Phi) is 9.42. The second-order valence-corrected chi connectivity index (χ2v) is 10.2. The van der Waals surface area contributed by atoms with Crippen LogP contribution in [0.1, 0.15) is 49.3 Å². The summed E-state index contributed by atoms with van der Waals surface area (Å²) in [6.45, 7) is 10.0. The number of aliphatic hydroxyl groups is 2. The monoisotopic (exact) mass is 501 g/mol. The van der Waals surface area contributed by atoms with Gasteiger partial charge in [-0.2, -0.15) is 4.98 Å². The maximum absolute atomic E-state index is 11.2. The zero-order valence-corrected chi connectivity index (χ0v) is 21.9. The van der Waals surface area contributed by atoms with Crippen LogP contribution >= 0.6 is 11.3 Å². The molecule has 0 fully saturated rings. The van der Waals surface area contributed by atoms with Gasteiger partial charge in [0.1, 0.15) is 25.1 Å². The van der Waals surface area contributed by atoms with Crippen molar-refractivity contribution in [2.24, 2.45) is 5.92 Å². The number of carbonyl (C=O) groups excluding carboxylic acids is 1. The molecule has 0 radical (unpaired) electrons. The molecule has 1 amide bonds. The number of rotatable bonds is 12. The fourth-order valence-corrected chi connectivity index (χ4v) is 4.80. The van der Waals surface area contributed by atoms with Gasteiger partial charge in [0.25, 0.3) is 5.89 Å². The van der Waals surface area contributed by atoms with Crippen LogP contribution in [0.2, 0.25) is 0 Å². The fourth-order valence-electron chi connectivity index (χ4n) is 3.83. The molecule has 1 atom stereocenters. The van der Waals surface area contributed by atoms with Gasteiger partial charge in [-0.3, -0.25) is 4.79 Å². The van der Waals surface area contributed by atoms with Crippen LogP contribution in [0.15, 0.2) is 22.7 Å². The molecular formula is C26H35N3O5S. The van der Waals surface area contributed by atoms with E-state index in [1.165, 1.54) is 10.4 Å². The molecule has 0 aliphatic rings. The van der Waals surface area contributed by atoms with E-state index in [0.29, 0.717) is 17.6 Å². The number of aromatic nitrogens is 2. The predicted octanol–water partition coefficient (Wildman–Crippen LogP) is 3.95. The van der Waals surface area contributed by atoms with E-state index in [1.54, 1.807) is 11.3 Å². The van der Waals surface area contributed by atoms with Crippen LogP contribution in [0.5, 0.6) is 5.75 Å². The van der Waals surface area contributed by atoms with Gasteiger partial charge in [-0.15, -0.1) is 11.3 Å². The summed E-state index contributed by atoms with van der Waals surface area (Å²) in [6, 6.07) is 6.14. The van der Waals surface area contributed by atoms with E-state index >= 15 is 0 Å². The van der Waals surface area contributed by atoms with Gasteiger partial charge >= 0.3 is 0 Å². The molecule has 2 heterocycles. The number of carbonyl (C=O) groups is 1.